The molecule has 0 aliphatic carbocycles. The molecule has 0 saturated carbocycles. The van der Waals surface area contributed by atoms with Crippen LogP contribution in [0.15, 0.2) is 71.6 Å². The molecule has 2 amide bonds. The van der Waals surface area contributed by atoms with Crippen LogP contribution in [0.5, 0.6) is 11.5 Å². The molecule has 0 radical (unpaired) electrons. The number of anilines is 1. The van der Waals surface area contributed by atoms with Crippen LogP contribution in [0.1, 0.15) is 21.5 Å². The predicted octanol–water partition coefficient (Wildman–Crippen LogP) is 5.82. The van der Waals surface area contributed by atoms with Gasteiger partial charge < -0.3 is 14.6 Å². The highest BCUT2D eigenvalue weighted by Gasteiger charge is 2.36. The van der Waals surface area contributed by atoms with Crippen molar-refractivity contribution < 1.29 is 29.0 Å². The molecule has 0 unspecified atom stereocenters. The third-order valence-corrected chi connectivity index (χ3v) is 6.61. The molecule has 0 bridgehead atoms. The van der Waals surface area contributed by atoms with Crippen LogP contribution in [0.4, 0.5) is 10.5 Å². The van der Waals surface area contributed by atoms with E-state index < -0.39 is 5.97 Å². The molecule has 0 atom stereocenters. The second kappa shape index (κ2) is 10.3. The van der Waals surface area contributed by atoms with Gasteiger partial charge in [0.05, 0.1) is 26.8 Å². The van der Waals surface area contributed by atoms with Gasteiger partial charge in [0, 0.05) is 0 Å². The number of hydrogen-bond donors (Lipinski definition) is 1. The lowest BCUT2D eigenvalue weighted by Crippen LogP contribution is -2.27. The van der Waals surface area contributed by atoms with Crippen LogP contribution in [-0.4, -0.2) is 29.3 Å². The summed E-state index contributed by atoms with van der Waals surface area (Å²) >= 11 is 3.01. The Kier molecular flexibility index (Phi) is 7.23. The summed E-state index contributed by atoms with van der Waals surface area (Å²) in [6.45, 7) is 0.224. The number of ether oxygens (including phenoxy) is 2. The van der Waals surface area contributed by atoms with Crippen molar-refractivity contribution in [3.63, 3.8) is 0 Å². The fourth-order valence-electron chi connectivity index (χ4n) is 3.28. The van der Waals surface area contributed by atoms with Crippen molar-refractivity contribution in [1.29, 1.82) is 0 Å². The van der Waals surface area contributed by atoms with Gasteiger partial charge in [0.2, 0.25) is 0 Å². The lowest BCUT2D eigenvalue weighted by molar-refractivity contribution is -0.113. The van der Waals surface area contributed by atoms with Crippen molar-refractivity contribution in [2.75, 3.05) is 12.0 Å². The van der Waals surface area contributed by atoms with Crippen LogP contribution >= 0.6 is 34.4 Å². The van der Waals surface area contributed by atoms with E-state index in [1.807, 2.05) is 12.1 Å². The SMILES string of the molecule is COc1cc(/C=C2\SC(=O)N(c3ccccc3)C2=O)cc(I)c1OCc1ccc(C(=O)O)cc1. The first-order valence-corrected chi connectivity index (χ1v) is 11.9. The molecule has 0 aromatic heterocycles. The van der Waals surface area contributed by atoms with Crippen LogP contribution in [0.25, 0.3) is 6.08 Å². The van der Waals surface area contributed by atoms with Crippen molar-refractivity contribution in [2.45, 2.75) is 6.61 Å². The zero-order chi connectivity index (χ0) is 24.2. The Morgan fingerprint density at radius 3 is 2.44 bits per heavy atom. The van der Waals surface area contributed by atoms with E-state index in [0.717, 1.165) is 25.8 Å². The fraction of sp³-hybridized carbons (Fsp3) is 0.0800. The van der Waals surface area contributed by atoms with Crippen LogP contribution in [0.3, 0.4) is 0 Å². The molecule has 7 nitrogen and oxygen atoms in total. The Morgan fingerprint density at radius 2 is 1.79 bits per heavy atom. The molecule has 1 saturated heterocycles. The minimum atomic E-state index is -0.985. The van der Waals surface area contributed by atoms with Gasteiger partial charge in [0.15, 0.2) is 11.5 Å². The zero-order valence-electron chi connectivity index (χ0n) is 17.9. The van der Waals surface area contributed by atoms with Gasteiger partial charge >= 0.3 is 5.97 Å². The minimum Gasteiger partial charge on any atom is -0.493 e. The average Bonchev–Trinajstić information content (AvgIpc) is 3.11. The highest BCUT2D eigenvalue weighted by molar-refractivity contribution is 14.1. The van der Waals surface area contributed by atoms with Crippen molar-refractivity contribution in [3.8, 4) is 11.5 Å². The standard InChI is InChI=1S/C25H18INO6S/c1-32-20-12-16(13-21-23(28)27(25(31)34-21)18-5-3-2-4-6-18)11-19(26)22(20)33-14-15-7-9-17(10-8-15)24(29)30/h2-13H,14H2,1H3,(H,29,30)/b21-13-. The number of imide groups is 1. The number of aromatic carboxylic acids is 1. The molecule has 34 heavy (non-hydrogen) atoms. The fourth-order valence-corrected chi connectivity index (χ4v) is 4.90. The van der Waals surface area contributed by atoms with Gasteiger partial charge in [-0.05, 0) is 88.0 Å². The number of carboxylic acids is 1. The summed E-state index contributed by atoms with van der Waals surface area (Å²) in [4.78, 5) is 37.8. The Balaban J connectivity index is 1.55. The number of rotatable bonds is 7. The van der Waals surface area contributed by atoms with E-state index >= 15 is 0 Å². The Bertz CT molecular complexity index is 1290. The Labute approximate surface area is 213 Å². The number of halogens is 1. The zero-order valence-corrected chi connectivity index (χ0v) is 20.8. The largest absolute Gasteiger partial charge is 0.493 e. The number of benzene rings is 3. The summed E-state index contributed by atoms with van der Waals surface area (Å²) in [5, 5.41) is 8.67. The van der Waals surface area contributed by atoms with Gasteiger partial charge in [-0.3, -0.25) is 9.59 Å². The number of methoxy groups -OCH3 is 1. The monoisotopic (exact) mass is 587 g/mol. The maximum Gasteiger partial charge on any atom is 0.335 e. The number of hydrogen-bond acceptors (Lipinski definition) is 6. The van der Waals surface area contributed by atoms with Crippen LogP contribution in [-0.2, 0) is 11.4 Å². The van der Waals surface area contributed by atoms with E-state index in [2.05, 4.69) is 22.6 Å². The molecule has 1 fully saturated rings. The number of para-hydroxylation sites is 1. The van der Waals surface area contributed by atoms with Crippen molar-refractivity contribution in [1.82, 2.24) is 0 Å². The molecule has 9 heteroatoms. The van der Waals surface area contributed by atoms with E-state index in [4.69, 9.17) is 14.6 Å². The van der Waals surface area contributed by atoms with Gasteiger partial charge in [-0.25, -0.2) is 9.69 Å². The quantitative estimate of drug-likeness (QED) is 0.275. The molecule has 4 rings (SSSR count). The van der Waals surface area contributed by atoms with Crippen molar-refractivity contribution >= 4 is 63.2 Å². The van der Waals surface area contributed by atoms with Crippen molar-refractivity contribution in [3.05, 3.63) is 91.9 Å². The van der Waals surface area contributed by atoms with E-state index in [0.29, 0.717) is 27.7 Å². The highest BCUT2D eigenvalue weighted by atomic mass is 127. The number of carboxylic acid groups (broad SMARTS) is 1. The number of amides is 2. The molecular weight excluding hydrogens is 569 g/mol. The first-order valence-electron chi connectivity index (χ1n) is 10.0. The lowest BCUT2D eigenvalue weighted by atomic mass is 10.1. The second-order valence-corrected chi connectivity index (χ2v) is 9.33. The number of thioether (sulfide) groups is 1. The first kappa shape index (κ1) is 23.8. The molecule has 0 spiro atoms. The Hall–Kier alpha value is -3.31. The summed E-state index contributed by atoms with van der Waals surface area (Å²) < 4.78 is 12.2. The summed E-state index contributed by atoms with van der Waals surface area (Å²) in [5.41, 5.74) is 2.23. The van der Waals surface area contributed by atoms with E-state index in [-0.39, 0.29) is 23.3 Å². The maximum atomic E-state index is 12.9. The van der Waals surface area contributed by atoms with Crippen LogP contribution in [0, 0.1) is 3.57 Å². The van der Waals surface area contributed by atoms with Gasteiger partial charge in [-0.1, -0.05) is 30.3 Å². The first-order chi connectivity index (χ1) is 16.4. The number of carbonyl (C=O) groups is 3. The Morgan fingerprint density at radius 1 is 1.09 bits per heavy atom. The summed E-state index contributed by atoms with van der Waals surface area (Å²) in [7, 11) is 1.52. The summed E-state index contributed by atoms with van der Waals surface area (Å²) in [5.74, 6) is -0.358. The van der Waals surface area contributed by atoms with E-state index in [1.165, 1.54) is 19.2 Å². The van der Waals surface area contributed by atoms with Gasteiger partial charge in [-0.2, -0.15) is 0 Å². The van der Waals surface area contributed by atoms with E-state index in [9.17, 15) is 14.4 Å². The van der Waals surface area contributed by atoms with Crippen molar-refractivity contribution in [2.24, 2.45) is 0 Å². The number of nitrogens with zero attached hydrogens (tertiary/aromatic N) is 1. The minimum absolute atomic E-state index is 0.206. The third kappa shape index (κ3) is 5.10. The smallest absolute Gasteiger partial charge is 0.335 e. The van der Waals surface area contributed by atoms with Gasteiger partial charge in [-0.15, -0.1) is 0 Å². The second-order valence-electron chi connectivity index (χ2n) is 7.18. The topological polar surface area (TPSA) is 93.1 Å². The molecule has 1 aliphatic heterocycles. The molecular formula is C25H18INO6S. The average molecular weight is 587 g/mol. The molecule has 172 valence electrons. The van der Waals surface area contributed by atoms with Crippen LogP contribution in [0.2, 0.25) is 0 Å². The summed E-state index contributed by atoms with van der Waals surface area (Å²) in [6, 6.07) is 18.8. The normalized spacial score (nSPS) is 14.5. The molecule has 1 heterocycles. The highest BCUT2D eigenvalue weighted by Crippen LogP contribution is 2.38. The summed E-state index contributed by atoms with van der Waals surface area (Å²) in [6.07, 6.45) is 1.66. The van der Waals surface area contributed by atoms with Crippen LogP contribution < -0.4 is 14.4 Å². The third-order valence-electron chi connectivity index (χ3n) is 4.94. The van der Waals surface area contributed by atoms with Gasteiger partial charge in [0.25, 0.3) is 11.1 Å². The predicted molar refractivity (Wildman–Crippen MR) is 138 cm³/mol. The molecule has 1 aliphatic rings. The lowest BCUT2D eigenvalue weighted by Gasteiger charge is -2.14. The molecule has 1 N–H and O–H groups in total. The molecule has 3 aromatic rings. The van der Waals surface area contributed by atoms with E-state index in [1.54, 1.807) is 48.5 Å². The number of carbonyl (C=O) groups excluding carboxylic acids is 2. The molecule has 3 aromatic carbocycles. The van der Waals surface area contributed by atoms with Gasteiger partial charge in [0.1, 0.15) is 6.61 Å². The maximum absolute atomic E-state index is 12.9.